The lowest BCUT2D eigenvalue weighted by molar-refractivity contribution is -0.132. The van der Waals surface area contributed by atoms with Crippen molar-refractivity contribution in [2.45, 2.75) is 19.0 Å². The summed E-state index contributed by atoms with van der Waals surface area (Å²) < 4.78 is 6.67. The van der Waals surface area contributed by atoms with Gasteiger partial charge in [-0.05, 0) is 6.42 Å². The summed E-state index contributed by atoms with van der Waals surface area (Å²) in [5.41, 5.74) is 5.36. The molecular weight excluding hydrogens is 210 g/mol. The number of nitrogens with two attached hydrogens (primary N) is 1. The topological polar surface area (TPSA) is 86.3 Å². The van der Waals surface area contributed by atoms with Crippen LogP contribution in [0.1, 0.15) is 6.42 Å². The van der Waals surface area contributed by atoms with Crippen LogP contribution in [0.3, 0.4) is 0 Å². The van der Waals surface area contributed by atoms with E-state index in [1.54, 1.807) is 11.9 Å². The lowest BCUT2D eigenvalue weighted by Crippen LogP contribution is -2.39. The third-order valence-corrected chi connectivity index (χ3v) is 2.70. The number of ether oxygens (including phenoxy) is 1. The molecule has 7 heteroatoms. The second-order valence-electron chi connectivity index (χ2n) is 3.82. The number of amides is 1. The van der Waals surface area contributed by atoms with Crippen molar-refractivity contribution in [2.24, 2.45) is 0 Å². The van der Waals surface area contributed by atoms with E-state index in [2.05, 4.69) is 10.1 Å². The quantitative estimate of drug-likeness (QED) is 0.721. The van der Waals surface area contributed by atoms with Crippen LogP contribution < -0.4 is 5.73 Å². The molecule has 0 radical (unpaired) electrons. The molecule has 0 aliphatic carbocycles. The minimum Gasteiger partial charge on any atom is -0.379 e. The molecule has 1 aliphatic heterocycles. The molecule has 1 saturated heterocycles. The third kappa shape index (κ3) is 2.30. The van der Waals surface area contributed by atoms with Crippen LogP contribution in [0.15, 0.2) is 6.33 Å². The molecule has 16 heavy (non-hydrogen) atoms. The lowest BCUT2D eigenvalue weighted by atomic mass is 10.2. The van der Waals surface area contributed by atoms with Gasteiger partial charge >= 0.3 is 0 Å². The average Bonchev–Trinajstić information content (AvgIpc) is 2.88. The molecule has 1 atom stereocenters. The fourth-order valence-corrected chi connectivity index (χ4v) is 1.67. The first kappa shape index (κ1) is 10.9. The summed E-state index contributed by atoms with van der Waals surface area (Å²) in [4.78, 5) is 17.3. The first-order chi connectivity index (χ1) is 7.66. The van der Waals surface area contributed by atoms with Gasteiger partial charge in [-0.1, -0.05) is 0 Å². The fraction of sp³-hybridized carbons (Fsp3) is 0.667. The smallest absolute Gasteiger partial charge is 0.244 e. The number of anilines is 1. The molecule has 1 aliphatic rings. The molecule has 1 amide bonds. The van der Waals surface area contributed by atoms with E-state index in [9.17, 15) is 4.79 Å². The number of hydrogen-bond acceptors (Lipinski definition) is 5. The number of carbonyl (C=O) groups is 1. The standard InChI is InChI=1S/C9H15N5O2/c1-13(7-2-3-16-5-7)8(15)4-14-6-11-9(10)12-14/h6-7H,2-5H2,1H3,(H2,10,12). The van der Waals surface area contributed by atoms with E-state index < -0.39 is 0 Å². The van der Waals surface area contributed by atoms with E-state index >= 15 is 0 Å². The van der Waals surface area contributed by atoms with Gasteiger partial charge in [0.15, 0.2) is 0 Å². The van der Waals surface area contributed by atoms with Gasteiger partial charge in [0, 0.05) is 13.7 Å². The van der Waals surface area contributed by atoms with Gasteiger partial charge < -0.3 is 15.4 Å². The Morgan fingerprint density at radius 1 is 1.81 bits per heavy atom. The van der Waals surface area contributed by atoms with E-state index in [1.807, 2.05) is 0 Å². The Labute approximate surface area is 93.2 Å². The molecule has 2 N–H and O–H groups in total. The van der Waals surface area contributed by atoms with Crippen molar-refractivity contribution in [3.8, 4) is 0 Å². The average molecular weight is 225 g/mol. The Hall–Kier alpha value is -1.63. The van der Waals surface area contributed by atoms with Gasteiger partial charge in [0.05, 0.1) is 12.6 Å². The second-order valence-corrected chi connectivity index (χ2v) is 3.82. The molecule has 0 spiro atoms. The summed E-state index contributed by atoms with van der Waals surface area (Å²) in [6.45, 7) is 1.50. The first-order valence-corrected chi connectivity index (χ1v) is 5.15. The molecule has 1 fully saturated rings. The summed E-state index contributed by atoms with van der Waals surface area (Å²) in [7, 11) is 1.78. The van der Waals surface area contributed by atoms with Crippen molar-refractivity contribution in [1.29, 1.82) is 0 Å². The largest absolute Gasteiger partial charge is 0.379 e. The maximum Gasteiger partial charge on any atom is 0.244 e. The van der Waals surface area contributed by atoms with Gasteiger partial charge in [-0.3, -0.25) is 4.79 Å². The number of nitrogen functional groups attached to an aromatic ring is 1. The van der Waals surface area contributed by atoms with E-state index in [0.29, 0.717) is 6.61 Å². The fourth-order valence-electron chi connectivity index (χ4n) is 1.67. The molecule has 2 rings (SSSR count). The predicted molar refractivity (Wildman–Crippen MR) is 56.4 cm³/mol. The molecule has 0 bridgehead atoms. The molecular formula is C9H15N5O2. The molecule has 1 unspecified atom stereocenters. The number of hydrogen-bond donors (Lipinski definition) is 1. The van der Waals surface area contributed by atoms with Crippen molar-refractivity contribution in [1.82, 2.24) is 19.7 Å². The van der Waals surface area contributed by atoms with Crippen LogP contribution in [0.4, 0.5) is 5.95 Å². The van der Waals surface area contributed by atoms with Crippen molar-refractivity contribution >= 4 is 11.9 Å². The number of carbonyl (C=O) groups excluding carboxylic acids is 1. The zero-order valence-electron chi connectivity index (χ0n) is 9.17. The molecule has 0 saturated carbocycles. The molecule has 7 nitrogen and oxygen atoms in total. The number of nitrogens with zero attached hydrogens (tertiary/aromatic N) is 4. The minimum atomic E-state index is -0.0135. The van der Waals surface area contributed by atoms with Crippen LogP contribution in [-0.2, 0) is 16.1 Å². The number of rotatable bonds is 3. The van der Waals surface area contributed by atoms with Gasteiger partial charge in [0.25, 0.3) is 0 Å². The van der Waals surface area contributed by atoms with Crippen molar-refractivity contribution in [2.75, 3.05) is 26.0 Å². The van der Waals surface area contributed by atoms with Crippen LogP contribution in [-0.4, -0.2) is 51.9 Å². The van der Waals surface area contributed by atoms with Gasteiger partial charge in [0.2, 0.25) is 11.9 Å². The van der Waals surface area contributed by atoms with Crippen LogP contribution in [0, 0.1) is 0 Å². The summed E-state index contributed by atoms with van der Waals surface area (Å²) in [5.74, 6) is 0.167. The van der Waals surface area contributed by atoms with E-state index in [1.165, 1.54) is 11.0 Å². The van der Waals surface area contributed by atoms with Crippen LogP contribution in [0.25, 0.3) is 0 Å². The highest BCUT2D eigenvalue weighted by molar-refractivity contribution is 5.76. The third-order valence-electron chi connectivity index (χ3n) is 2.70. The van der Waals surface area contributed by atoms with E-state index in [-0.39, 0.29) is 24.4 Å². The van der Waals surface area contributed by atoms with E-state index in [4.69, 9.17) is 10.5 Å². The molecule has 1 aromatic heterocycles. The molecule has 0 aromatic carbocycles. The normalized spacial score (nSPS) is 19.9. The van der Waals surface area contributed by atoms with Crippen LogP contribution >= 0.6 is 0 Å². The predicted octanol–water partition coefficient (Wildman–Crippen LogP) is -0.892. The van der Waals surface area contributed by atoms with Crippen molar-refractivity contribution < 1.29 is 9.53 Å². The van der Waals surface area contributed by atoms with Crippen LogP contribution in [0.2, 0.25) is 0 Å². The zero-order valence-corrected chi connectivity index (χ0v) is 9.17. The van der Waals surface area contributed by atoms with Crippen molar-refractivity contribution in [3.63, 3.8) is 0 Å². The highest BCUT2D eigenvalue weighted by atomic mass is 16.5. The number of aromatic nitrogens is 3. The van der Waals surface area contributed by atoms with Gasteiger partial charge in [0.1, 0.15) is 12.9 Å². The van der Waals surface area contributed by atoms with E-state index in [0.717, 1.165) is 13.0 Å². The maximum absolute atomic E-state index is 11.8. The number of likely N-dealkylation sites (N-methyl/N-ethyl adjacent to an activating group) is 1. The zero-order chi connectivity index (χ0) is 11.5. The van der Waals surface area contributed by atoms with Gasteiger partial charge in [-0.2, -0.15) is 0 Å². The maximum atomic E-state index is 11.8. The molecule has 2 heterocycles. The Bertz CT molecular complexity index is 372. The Morgan fingerprint density at radius 2 is 2.62 bits per heavy atom. The highest BCUT2D eigenvalue weighted by Crippen LogP contribution is 2.10. The molecule has 1 aromatic rings. The lowest BCUT2D eigenvalue weighted by Gasteiger charge is -2.22. The van der Waals surface area contributed by atoms with Gasteiger partial charge in [-0.15, -0.1) is 5.10 Å². The Kier molecular flexibility index (Phi) is 3.04. The monoisotopic (exact) mass is 225 g/mol. The summed E-state index contributed by atoms with van der Waals surface area (Å²) >= 11 is 0. The highest BCUT2D eigenvalue weighted by Gasteiger charge is 2.24. The second kappa shape index (κ2) is 4.48. The summed E-state index contributed by atoms with van der Waals surface area (Å²) in [6, 6.07) is 0.174. The SMILES string of the molecule is CN(C(=O)Cn1cnc(N)n1)C1CCOC1. The Morgan fingerprint density at radius 3 is 3.19 bits per heavy atom. The Balaban J connectivity index is 1.92. The minimum absolute atomic E-state index is 0.0135. The van der Waals surface area contributed by atoms with Crippen molar-refractivity contribution in [3.05, 3.63) is 6.33 Å². The summed E-state index contributed by atoms with van der Waals surface area (Å²) in [6.07, 6.45) is 2.34. The van der Waals surface area contributed by atoms with Crippen LogP contribution in [0.5, 0.6) is 0 Å². The van der Waals surface area contributed by atoms with Gasteiger partial charge in [-0.25, -0.2) is 9.67 Å². The first-order valence-electron chi connectivity index (χ1n) is 5.15. The molecule has 88 valence electrons. The summed E-state index contributed by atoms with van der Waals surface area (Å²) in [5, 5.41) is 3.86.